The zero-order valence-corrected chi connectivity index (χ0v) is 9.46. The van der Waals surface area contributed by atoms with E-state index in [0.29, 0.717) is 5.92 Å². The van der Waals surface area contributed by atoms with E-state index in [4.69, 9.17) is 0 Å². The molecule has 0 heterocycles. The van der Waals surface area contributed by atoms with Crippen molar-refractivity contribution in [2.45, 2.75) is 31.2 Å². The van der Waals surface area contributed by atoms with Crippen molar-refractivity contribution in [2.24, 2.45) is 0 Å². The van der Waals surface area contributed by atoms with Crippen LogP contribution in [0.4, 0.5) is 0 Å². The van der Waals surface area contributed by atoms with Crippen LogP contribution in [-0.2, 0) is 5.54 Å². The summed E-state index contributed by atoms with van der Waals surface area (Å²) in [5.41, 5.74) is 2.43. The number of fused-ring (bicyclic) bond motifs is 1. The van der Waals surface area contributed by atoms with Gasteiger partial charge in [0.1, 0.15) is 0 Å². The predicted molar refractivity (Wildman–Crippen MR) is 61.9 cm³/mol. The van der Waals surface area contributed by atoms with Crippen molar-refractivity contribution in [3.63, 3.8) is 0 Å². The van der Waals surface area contributed by atoms with E-state index in [1.54, 1.807) is 0 Å². The fourth-order valence-electron chi connectivity index (χ4n) is 2.62. The molecule has 1 aromatic rings. The molecule has 0 amide bonds. The number of benzene rings is 1. The van der Waals surface area contributed by atoms with Crippen LogP contribution in [0.25, 0.3) is 0 Å². The second-order valence-electron chi connectivity index (χ2n) is 4.52. The third kappa shape index (κ3) is 1.58. The molecular formula is C13H19NO. The maximum absolute atomic E-state index is 9.61. The molecule has 0 radical (unpaired) electrons. The number of aliphatic hydroxyl groups excluding tert-OH is 1. The summed E-state index contributed by atoms with van der Waals surface area (Å²) >= 11 is 0. The van der Waals surface area contributed by atoms with E-state index in [-0.39, 0.29) is 12.1 Å². The van der Waals surface area contributed by atoms with E-state index in [2.05, 4.69) is 36.5 Å². The molecule has 2 N–H and O–H groups in total. The van der Waals surface area contributed by atoms with Crippen LogP contribution in [-0.4, -0.2) is 18.8 Å². The summed E-state index contributed by atoms with van der Waals surface area (Å²) in [5.74, 6) is 0.606. The topological polar surface area (TPSA) is 32.3 Å². The number of hydrogen-bond acceptors (Lipinski definition) is 2. The van der Waals surface area contributed by atoms with Gasteiger partial charge in [0.2, 0.25) is 0 Å². The molecule has 1 aromatic carbocycles. The zero-order chi connectivity index (χ0) is 10.9. The Bertz CT molecular complexity index is 344. The summed E-state index contributed by atoms with van der Waals surface area (Å²) in [6.45, 7) is 2.43. The van der Waals surface area contributed by atoms with Crippen LogP contribution in [0.2, 0.25) is 0 Å². The second kappa shape index (κ2) is 3.95. The SMILES string of the molecule is CNC1(CO)CCC(C)c2ccccc21. The summed E-state index contributed by atoms with van der Waals surface area (Å²) in [6, 6.07) is 8.45. The number of hydrogen-bond donors (Lipinski definition) is 2. The van der Waals surface area contributed by atoms with Crippen LogP contribution < -0.4 is 5.32 Å². The molecule has 0 fully saturated rings. The van der Waals surface area contributed by atoms with Gasteiger partial charge >= 0.3 is 0 Å². The maximum atomic E-state index is 9.61. The highest BCUT2D eigenvalue weighted by molar-refractivity contribution is 5.38. The Kier molecular flexibility index (Phi) is 2.81. The molecule has 2 unspecified atom stereocenters. The third-order valence-electron chi connectivity index (χ3n) is 3.76. The summed E-state index contributed by atoms with van der Waals surface area (Å²) in [6.07, 6.45) is 2.15. The molecular weight excluding hydrogens is 186 g/mol. The van der Waals surface area contributed by atoms with Gasteiger partial charge in [-0.3, -0.25) is 0 Å². The lowest BCUT2D eigenvalue weighted by Crippen LogP contribution is -2.46. The molecule has 1 aliphatic carbocycles. The maximum Gasteiger partial charge on any atom is 0.0669 e. The lowest BCUT2D eigenvalue weighted by molar-refractivity contribution is 0.146. The second-order valence-corrected chi connectivity index (χ2v) is 4.52. The molecule has 0 saturated heterocycles. The van der Waals surface area contributed by atoms with Gasteiger partial charge in [0, 0.05) is 0 Å². The molecule has 2 heteroatoms. The van der Waals surface area contributed by atoms with Crippen molar-refractivity contribution < 1.29 is 5.11 Å². The van der Waals surface area contributed by atoms with Crippen LogP contribution in [0.15, 0.2) is 24.3 Å². The molecule has 2 atom stereocenters. The molecule has 0 saturated carbocycles. The highest BCUT2D eigenvalue weighted by atomic mass is 16.3. The van der Waals surface area contributed by atoms with Crippen molar-refractivity contribution in [2.75, 3.05) is 13.7 Å². The average Bonchev–Trinajstić information content (AvgIpc) is 2.31. The lowest BCUT2D eigenvalue weighted by Gasteiger charge is -2.40. The number of aliphatic hydroxyl groups is 1. The van der Waals surface area contributed by atoms with Crippen LogP contribution in [0.3, 0.4) is 0 Å². The molecule has 0 bridgehead atoms. The van der Waals surface area contributed by atoms with Crippen LogP contribution in [0, 0.1) is 0 Å². The molecule has 0 aromatic heterocycles. The van der Waals surface area contributed by atoms with Crippen molar-refractivity contribution >= 4 is 0 Å². The first-order chi connectivity index (χ1) is 7.23. The van der Waals surface area contributed by atoms with Crippen LogP contribution >= 0.6 is 0 Å². The first-order valence-corrected chi connectivity index (χ1v) is 5.62. The lowest BCUT2D eigenvalue weighted by atomic mass is 9.73. The Morgan fingerprint density at radius 1 is 1.47 bits per heavy atom. The molecule has 15 heavy (non-hydrogen) atoms. The number of rotatable bonds is 2. The Morgan fingerprint density at radius 2 is 2.20 bits per heavy atom. The standard InChI is InChI=1S/C13H19NO/c1-10-7-8-13(9-15,14-2)12-6-4-3-5-11(10)12/h3-6,10,14-15H,7-9H2,1-2H3. The fraction of sp³-hybridized carbons (Fsp3) is 0.538. The summed E-state index contributed by atoms with van der Waals surface area (Å²) in [5, 5.41) is 12.9. The van der Waals surface area contributed by atoms with Gasteiger partial charge in [0.15, 0.2) is 0 Å². The Hall–Kier alpha value is -0.860. The van der Waals surface area contributed by atoms with E-state index >= 15 is 0 Å². The van der Waals surface area contributed by atoms with Gasteiger partial charge in [0.05, 0.1) is 12.1 Å². The zero-order valence-electron chi connectivity index (χ0n) is 9.46. The minimum absolute atomic E-state index is 0.174. The predicted octanol–water partition coefficient (Wildman–Crippen LogP) is 1.99. The highest BCUT2D eigenvalue weighted by Crippen LogP contribution is 2.40. The van der Waals surface area contributed by atoms with Gasteiger partial charge in [0.25, 0.3) is 0 Å². The first-order valence-electron chi connectivity index (χ1n) is 5.62. The molecule has 1 aliphatic rings. The Balaban J connectivity index is 2.52. The average molecular weight is 205 g/mol. The highest BCUT2D eigenvalue weighted by Gasteiger charge is 2.36. The molecule has 0 aliphatic heterocycles. The van der Waals surface area contributed by atoms with Crippen molar-refractivity contribution in [1.82, 2.24) is 5.32 Å². The quantitative estimate of drug-likeness (QED) is 0.774. The number of likely N-dealkylation sites (N-methyl/N-ethyl adjacent to an activating group) is 1. The van der Waals surface area contributed by atoms with Crippen molar-refractivity contribution in [1.29, 1.82) is 0 Å². The van der Waals surface area contributed by atoms with E-state index in [1.807, 2.05) is 7.05 Å². The van der Waals surface area contributed by atoms with E-state index in [0.717, 1.165) is 12.8 Å². The van der Waals surface area contributed by atoms with E-state index in [9.17, 15) is 5.11 Å². The monoisotopic (exact) mass is 205 g/mol. The fourth-order valence-corrected chi connectivity index (χ4v) is 2.62. The van der Waals surface area contributed by atoms with E-state index in [1.165, 1.54) is 11.1 Å². The molecule has 2 nitrogen and oxygen atoms in total. The summed E-state index contributed by atoms with van der Waals surface area (Å²) < 4.78 is 0. The van der Waals surface area contributed by atoms with E-state index < -0.39 is 0 Å². The first kappa shape index (κ1) is 10.7. The minimum Gasteiger partial charge on any atom is -0.394 e. The summed E-state index contributed by atoms with van der Waals surface area (Å²) in [7, 11) is 1.93. The summed E-state index contributed by atoms with van der Waals surface area (Å²) in [4.78, 5) is 0. The van der Waals surface area contributed by atoms with Gasteiger partial charge < -0.3 is 10.4 Å². The largest absolute Gasteiger partial charge is 0.394 e. The number of nitrogens with one attached hydrogen (secondary N) is 1. The van der Waals surface area contributed by atoms with Crippen molar-refractivity contribution in [3.8, 4) is 0 Å². The van der Waals surface area contributed by atoms with Crippen LogP contribution in [0.1, 0.15) is 36.8 Å². The van der Waals surface area contributed by atoms with Crippen molar-refractivity contribution in [3.05, 3.63) is 35.4 Å². The Morgan fingerprint density at radius 3 is 2.87 bits per heavy atom. The molecule has 2 rings (SSSR count). The van der Waals surface area contributed by atoms with Gasteiger partial charge in [-0.25, -0.2) is 0 Å². The van der Waals surface area contributed by atoms with Gasteiger partial charge in [-0.1, -0.05) is 31.2 Å². The van der Waals surface area contributed by atoms with Gasteiger partial charge in [-0.15, -0.1) is 0 Å². The Labute approximate surface area is 91.3 Å². The van der Waals surface area contributed by atoms with Crippen LogP contribution in [0.5, 0.6) is 0 Å². The van der Waals surface area contributed by atoms with Gasteiger partial charge in [-0.2, -0.15) is 0 Å². The molecule has 0 spiro atoms. The third-order valence-corrected chi connectivity index (χ3v) is 3.76. The smallest absolute Gasteiger partial charge is 0.0669 e. The normalized spacial score (nSPS) is 29.9. The minimum atomic E-state index is -0.219. The molecule has 82 valence electrons. The van der Waals surface area contributed by atoms with Gasteiger partial charge in [-0.05, 0) is 36.9 Å².